The molecule has 0 unspecified atom stereocenters. The van der Waals surface area contributed by atoms with Gasteiger partial charge in [-0.1, -0.05) is 0 Å². The quantitative estimate of drug-likeness (QED) is 0.649. The molecular weight excluding hydrogens is 358 g/mol. The molecule has 0 aromatic heterocycles. The lowest BCUT2D eigenvalue weighted by molar-refractivity contribution is 0.0947. The summed E-state index contributed by atoms with van der Waals surface area (Å²) in [5, 5.41) is 5.72. The van der Waals surface area contributed by atoms with Crippen LogP contribution in [0.15, 0.2) is 42.5 Å². The van der Waals surface area contributed by atoms with Crippen LogP contribution in [0.25, 0.3) is 0 Å². The number of benzene rings is 2. The highest BCUT2D eigenvalue weighted by Crippen LogP contribution is 2.23. The Morgan fingerprint density at radius 3 is 2.32 bits per heavy atom. The molecule has 0 aliphatic heterocycles. The largest absolute Gasteiger partial charge is 0.497 e. The molecule has 0 saturated carbocycles. The average molecular weight is 385 g/mol. The zero-order chi connectivity index (χ0) is 20.5. The van der Waals surface area contributed by atoms with E-state index in [1.165, 1.54) is 0 Å². The molecule has 0 aliphatic carbocycles. The van der Waals surface area contributed by atoms with Crippen molar-refractivity contribution in [2.75, 3.05) is 51.7 Å². The van der Waals surface area contributed by atoms with Gasteiger partial charge in [0.25, 0.3) is 11.8 Å². The molecule has 150 valence electrons. The maximum Gasteiger partial charge on any atom is 0.255 e. The van der Waals surface area contributed by atoms with Gasteiger partial charge in [0, 0.05) is 51.3 Å². The minimum absolute atomic E-state index is 0.194. The van der Waals surface area contributed by atoms with Gasteiger partial charge in [-0.3, -0.25) is 9.59 Å². The van der Waals surface area contributed by atoms with E-state index in [0.29, 0.717) is 35.7 Å². The number of amides is 2. The van der Waals surface area contributed by atoms with Crippen LogP contribution in [0.1, 0.15) is 27.1 Å². The summed E-state index contributed by atoms with van der Waals surface area (Å²) in [6, 6.07) is 12.1. The lowest BCUT2D eigenvalue weighted by Crippen LogP contribution is -2.27. The summed E-state index contributed by atoms with van der Waals surface area (Å²) >= 11 is 0. The van der Waals surface area contributed by atoms with Gasteiger partial charge >= 0.3 is 0 Å². The predicted octanol–water partition coefficient (Wildman–Crippen LogP) is 2.78. The molecule has 0 fully saturated rings. The summed E-state index contributed by atoms with van der Waals surface area (Å²) in [7, 11) is 6.93. The molecule has 2 amide bonds. The van der Waals surface area contributed by atoms with Gasteiger partial charge in [-0.25, -0.2) is 0 Å². The summed E-state index contributed by atoms with van der Waals surface area (Å²) in [5.74, 6) is 0.228. The lowest BCUT2D eigenvalue weighted by atomic mass is 10.1. The number of hydrogen-bond donors (Lipinski definition) is 2. The first-order valence-electron chi connectivity index (χ1n) is 9.00. The van der Waals surface area contributed by atoms with E-state index in [4.69, 9.17) is 9.47 Å². The molecule has 0 atom stereocenters. The van der Waals surface area contributed by atoms with E-state index < -0.39 is 0 Å². The number of nitrogens with zero attached hydrogens (tertiary/aromatic N) is 1. The Balaban J connectivity index is 2.16. The van der Waals surface area contributed by atoms with Gasteiger partial charge in [-0.15, -0.1) is 0 Å². The van der Waals surface area contributed by atoms with Crippen LogP contribution in [0, 0.1) is 0 Å². The highest BCUT2D eigenvalue weighted by molar-refractivity contribution is 6.06. The third-order valence-corrected chi connectivity index (χ3v) is 4.14. The molecule has 0 saturated heterocycles. The summed E-state index contributed by atoms with van der Waals surface area (Å²) in [5.41, 5.74) is 2.32. The van der Waals surface area contributed by atoms with Crippen molar-refractivity contribution in [3.05, 3.63) is 53.6 Å². The predicted molar refractivity (Wildman–Crippen MR) is 111 cm³/mol. The molecule has 2 aromatic rings. The highest BCUT2D eigenvalue weighted by Gasteiger charge is 2.15. The lowest BCUT2D eigenvalue weighted by Gasteiger charge is -2.18. The van der Waals surface area contributed by atoms with Crippen molar-refractivity contribution >= 4 is 23.2 Å². The molecule has 0 spiro atoms. The van der Waals surface area contributed by atoms with E-state index in [9.17, 15) is 9.59 Å². The summed E-state index contributed by atoms with van der Waals surface area (Å²) in [6.07, 6.45) is 0.730. The fourth-order valence-electron chi connectivity index (χ4n) is 2.64. The van der Waals surface area contributed by atoms with Gasteiger partial charge in [0.1, 0.15) is 5.75 Å². The average Bonchev–Trinajstić information content (AvgIpc) is 2.70. The molecule has 7 nitrogen and oxygen atoms in total. The van der Waals surface area contributed by atoms with E-state index in [2.05, 4.69) is 10.6 Å². The Bertz CT molecular complexity index is 804. The van der Waals surface area contributed by atoms with Crippen LogP contribution in [0.4, 0.5) is 11.4 Å². The Morgan fingerprint density at radius 1 is 1.00 bits per heavy atom. The summed E-state index contributed by atoms with van der Waals surface area (Å²) < 4.78 is 10.1. The minimum atomic E-state index is -0.258. The van der Waals surface area contributed by atoms with Gasteiger partial charge in [0.15, 0.2) is 0 Å². The molecule has 7 heteroatoms. The first-order valence-corrected chi connectivity index (χ1v) is 9.00. The molecule has 28 heavy (non-hydrogen) atoms. The maximum absolute atomic E-state index is 12.6. The number of methoxy groups -OCH3 is 2. The molecule has 0 bridgehead atoms. The highest BCUT2D eigenvalue weighted by atomic mass is 16.5. The Kier molecular flexibility index (Phi) is 7.83. The summed E-state index contributed by atoms with van der Waals surface area (Å²) in [6.45, 7) is 1.10. The van der Waals surface area contributed by atoms with E-state index in [1.54, 1.807) is 50.6 Å². The maximum atomic E-state index is 12.6. The minimum Gasteiger partial charge on any atom is -0.497 e. The van der Waals surface area contributed by atoms with Crippen molar-refractivity contribution in [1.82, 2.24) is 5.32 Å². The van der Waals surface area contributed by atoms with Crippen LogP contribution in [0.3, 0.4) is 0 Å². The number of anilines is 2. The van der Waals surface area contributed by atoms with Crippen molar-refractivity contribution < 1.29 is 19.1 Å². The summed E-state index contributed by atoms with van der Waals surface area (Å²) in [4.78, 5) is 26.9. The second-order valence-electron chi connectivity index (χ2n) is 6.41. The van der Waals surface area contributed by atoms with Crippen molar-refractivity contribution in [2.45, 2.75) is 6.42 Å². The van der Waals surface area contributed by atoms with E-state index in [-0.39, 0.29) is 11.8 Å². The number of ether oxygens (including phenoxy) is 2. The topological polar surface area (TPSA) is 79.9 Å². The monoisotopic (exact) mass is 385 g/mol. The fraction of sp³-hybridized carbons (Fsp3) is 0.333. The first kappa shape index (κ1) is 21.2. The second-order valence-corrected chi connectivity index (χ2v) is 6.41. The Hall–Kier alpha value is -3.06. The fourth-order valence-corrected chi connectivity index (χ4v) is 2.64. The van der Waals surface area contributed by atoms with E-state index >= 15 is 0 Å². The number of carbonyl (C=O) groups excluding carboxylic acids is 2. The molecule has 2 N–H and O–H groups in total. The molecule has 2 aromatic carbocycles. The second kappa shape index (κ2) is 10.3. The van der Waals surface area contributed by atoms with Crippen molar-refractivity contribution in [2.24, 2.45) is 0 Å². The van der Waals surface area contributed by atoms with Crippen molar-refractivity contribution in [1.29, 1.82) is 0 Å². The molecule has 2 rings (SSSR count). The number of hydrogen-bond acceptors (Lipinski definition) is 5. The van der Waals surface area contributed by atoms with Crippen LogP contribution >= 0.6 is 0 Å². The third kappa shape index (κ3) is 5.72. The van der Waals surface area contributed by atoms with Gasteiger partial charge in [-0.2, -0.15) is 0 Å². The molecule has 0 heterocycles. The van der Waals surface area contributed by atoms with Gasteiger partial charge in [0.05, 0.1) is 12.7 Å². The van der Waals surface area contributed by atoms with Crippen molar-refractivity contribution in [3.63, 3.8) is 0 Å². The van der Waals surface area contributed by atoms with Crippen LogP contribution in [0.5, 0.6) is 5.75 Å². The number of carbonyl (C=O) groups is 2. The van der Waals surface area contributed by atoms with E-state index in [0.717, 1.165) is 12.1 Å². The Labute approximate surface area is 165 Å². The van der Waals surface area contributed by atoms with Gasteiger partial charge in [-0.05, 0) is 48.9 Å². The van der Waals surface area contributed by atoms with E-state index in [1.807, 2.05) is 25.1 Å². The van der Waals surface area contributed by atoms with Crippen LogP contribution in [-0.4, -0.2) is 53.3 Å². The van der Waals surface area contributed by atoms with Crippen LogP contribution < -0.4 is 20.3 Å². The Morgan fingerprint density at radius 2 is 1.71 bits per heavy atom. The third-order valence-electron chi connectivity index (χ3n) is 4.14. The van der Waals surface area contributed by atoms with Gasteiger partial charge < -0.3 is 25.0 Å². The number of rotatable bonds is 9. The number of nitrogens with one attached hydrogen (secondary N) is 2. The molecular formula is C21H27N3O4. The van der Waals surface area contributed by atoms with Gasteiger partial charge in [0.2, 0.25) is 0 Å². The first-order chi connectivity index (χ1) is 13.5. The SMILES string of the molecule is COCCCNC(=O)c1cc(NC(=O)c2ccc(OC)cc2)ccc1N(C)C. The zero-order valence-electron chi connectivity index (χ0n) is 16.7. The smallest absolute Gasteiger partial charge is 0.255 e. The standard InChI is InChI=1S/C21H27N3O4/c1-24(2)19-11-8-16(14-18(19)21(26)22-12-5-13-27-3)23-20(25)15-6-9-17(28-4)10-7-15/h6-11,14H,5,12-13H2,1-4H3,(H,22,26)(H,23,25). The zero-order valence-corrected chi connectivity index (χ0v) is 16.7. The normalized spacial score (nSPS) is 10.3. The molecule has 0 aliphatic rings. The van der Waals surface area contributed by atoms with Crippen LogP contribution in [0.2, 0.25) is 0 Å². The van der Waals surface area contributed by atoms with Crippen molar-refractivity contribution in [3.8, 4) is 5.75 Å². The molecule has 0 radical (unpaired) electrons. The van der Waals surface area contributed by atoms with Crippen LogP contribution in [-0.2, 0) is 4.74 Å².